The Hall–Kier alpha value is -3.23. The number of alkyl halides is 3. The summed E-state index contributed by atoms with van der Waals surface area (Å²) >= 11 is 0. The van der Waals surface area contributed by atoms with Crippen LogP contribution in [0.2, 0.25) is 0 Å². The molecule has 0 aromatic heterocycles. The van der Waals surface area contributed by atoms with E-state index in [1.54, 1.807) is 24.3 Å². The first-order valence-electron chi connectivity index (χ1n) is 8.94. The first-order chi connectivity index (χ1) is 13.8. The van der Waals surface area contributed by atoms with Gasteiger partial charge < -0.3 is 20.1 Å². The van der Waals surface area contributed by atoms with Crippen LogP contribution in [0.3, 0.4) is 0 Å². The second-order valence-electron chi connectivity index (χ2n) is 6.02. The summed E-state index contributed by atoms with van der Waals surface area (Å²) in [6, 6.07) is 11.4. The van der Waals surface area contributed by atoms with Gasteiger partial charge in [0.25, 0.3) is 5.91 Å². The molecule has 0 aliphatic rings. The normalized spacial score (nSPS) is 10.9. The zero-order valence-corrected chi connectivity index (χ0v) is 15.7. The van der Waals surface area contributed by atoms with Crippen LogP contribution in [-0.2, 0) is 9.53 Å². The van der Waals surface area contributed by atoms with Gasteiger partial charge in [-0.15, -0.1) is 13.2 Å². The van der Waals surface area contributed by atoms with Crippen LogP contribution < -0.4 is 15.4 Å². The summed E-state index contributed by atoms with van der Waals surface area (Å²) in [6.07, 6.45) is -2.84. The van der Waals surface area contributed by atoms with Crippen molar-refractivity contribution >= 4 is 23.3 Å². The Morgan fingerprint density at radius 3 is 2.38 bits per heavy atom. The Labute approximate surface area is 166 Å². The number of nitrogens with one attached hydrogen (secondary N) is 2. The third kappa shape index (κ3) is 7.73. The molecule has 0 radical (unpaired) electrons. The molecule has 2 N–H and O–H groups in total. The second-order valence-corrected chi connectivity index (χ2v) is 6.02. The van der Waals surface area contributed by atoms with E-state index in [1.807, 2.05) is 0 Å². The molecular formula is C20H21F3N2O4. The molecule has 29 heavy (non-hydrogen) atoms. The van der Waals surface area contributed by atoms with Gasteiger partial charge in [0.2, 0.25) is 0 Å². The van der Waals surface area contributed by atoms with Crippen LogP contribution in [0.25, 0.3) is 0 Å². The topological polar surface area (TPSA) is 76.7 Å². The van der Waals surface area contributed by atoms with Crippen molar-refractivity contribution in [2.75, 3.05) is 23.8 Å². The predicted octanol–water partition coefficient (Wildman–Crippen LogP) is 4.59. The summed E-state index contributed by atoms with van der Waals surface area (Å²) in [6.45, 7) is 2.22. The number of unbranched alkanes of at least 4 members (excludes halogenated alkanes) is 1. The first kappa shape index (κ1) is 22.1. The van der Waals surface area contributed by atoms with E-state index in [1.165, 1.54) is 12.1 Å². The van der Waals surface area contributed by atoms with Crippen LogP contribution >= 0.6 is 0 Å². The van der Waals surface area contributed by atoms with Gasteiger partial charge in [-0.3, -0.25) is 4.79 Å². The van der Waals surface area contributed by atoms with Gasteiger partial charge in [0.1, 0.15) is 5.75 Å². The van der Waals surface area contributed by atoms with Crippen molar-refractivity contribution in [2.24, 2.45) is 0 Å². The lowest BCUT2D eigenvalue weighted by atomic mass is 10.1. The Bertz CT molecular complexity index is 823. The molecule has 0 saturated heterocycles. The molecule has 9 heteroatoms. The van der Waals surface area contributed by atoms with E-state index in [0.717, 1.165) is 25.0 Å². The van der Waals surface area contributed by atoms with E-state index in [0.29, 0.717) is 17.8 Å². The monoisotopic (exact) mass is 410 g/mol. The Kier molecular flexibility index (Phi) is 7.88. The maximum Gasteiger partial charge on any atom is 0.573 e. The molecule has 2 rings (SSSR count). The highest BCUT2D eigenvalue weighted by Gasteiger charge is 2.30. The lowest BCUT2D eigenvalue weighted by molar-refractivity contribution is -0.274. The quantitative estimate of drug-likeness (QED) is 0.467. The van der Waals surface area contributed by atoms with E-state index in [-0.39, 0.29) is 5.69 Å². The number of carbonyl (C=O) groups is 2. The Balaban J connectivity index is 1.87. The maximum atomic E-state index is 12.3. The Morgan fingerprint density at radius 1 is 1.03 bits per heavy atom. The molecule has 0 unspecified atom stereocenters. The third-order valence-electron chi connectivity index (χ3n) is 3.70. The molecule has 0 fully saturated rings. The number of esters is 1. The summed E-state index contributed by atoms with van der Waals surface area (Å²) in [7, 11) is 0. The standard InChI is InChI=1S/C20H21F3N2O4/c1-2-3-12-24-17-7-5-4-6-16(17)19(27)28-13-18(26)25-14-8-10-15(11-9-14)29-20(21,22)23/h4-11,24H,2-3,12-13H2,1H3,(H,25,26). The smallest absolute Gasteiger partial charge is 0.452 e. The highest BCUT2D eigenvalue weighted by Crippen LogP contribution is 2.24. The number of anilines is 2. The molecule has 0 spiro atoms. The van der Waals surface area contributed by atoms with Crippen LogP contribution in [0, 0.1) is 0 Å². The van der Waals surface area contributed by atoms with E-state index < -0.39 is 30.6 Å². The molecule has 0 atom stereocenters. The van der Waals surface area contributed by atoms with Crippen molar-refractivity contribution in [3.05, 3.63) is 54.1 Å². The lowest BCUT2D eigenvalue weighted by Crippen LogP contribution is -2.21. The lowest BCUT2D eigenvalue weighted by Gasteiger charge is -2.12. The van der Waals surface area contributed by atoms with Gasteiger partial charge in [0, 0.05) is 17.9 Å². The maximum absolute atomic E-state index is 12.3. The average molecular weight is 410 g/mol. The minimum atomic E-state index is -4.79. The number of benzene rings is 2. The van der Waals surface area contributed by atoms with Crippen molar-refractivity contribution in [1.29, 1.82) is 0 Å². The molecule has 6 nitrogen and oxygen atoms in total. The number of hydrogen-bond acceptors (Lipinski definition) is 5. The third-order valence-corrected chi connectivity index (χ3v) is 3.70. The van der Waals surface area contributed by atoms with E-state index in [4.69, 9.17) is 4.74 Å². The fourth-order valence-corrected chi connectivity index (χ4v) is 2.36. The number of carbonyl (C=O) groups excluding carboxylic acids is 2. The van der Waals surface area contributed by atoms with E-state index in [9.17, 15) is 22.8 Å². The fraction of sp³-hybridized carbons (Fsp3) is 0.300. The van der Waals surface area contributed by atoms with Gasteiger partial charge in [0.05, 0.1) is 5.56 Å². The van der Waals surface area contributed by atoms with Gasteiger partial charge in [0.15, 0.2) is 6.61 Å². The number of hydrogen-bond donors (Lipinski definition) is 2. The van der Waals surface area contributed by atoms with Crippen LogP contribution in [0.4, 0.5) is 24.5 Å². The number of amides is 1. The zero-order valence-electron chi connectivity index (χ0n) is 15.7. The number of para-hydroxylation sites is 1. The second kappa shape index (κ2) is 10.4. The van der Waals surface area contributed by atoms with Crippen molar-refractivity contribution in [3.8, 4) is 5.75 Å². The van der Waals surface area contributed by atoms with Crippen molar-refractivity contribution in [1.82, 2.24) is 0 Å². The van der Waals surface area contributed by atoms with Crippen LogP contribution in [0.15, 0.2) is 48.5 Å². The number of rotatable bonds is 9. The summed E-state index contributed by atoms with van der Waals surface area (Å²) in [5, 5.41) is 5.58. The molecule has 2 aromatic rings. The summed E-state index contributed by atoms with van der Waals surface area (Å²) in [4.78, 5) is 24.2. The van der Waals surface area contributed by atoms with Crippen LogP contribution in [0.1, 0.15) is 30.1 Å². The SMILES string of the molecule is CCCCNc1ccccc1C(=O)OCC(=O)Nc1ccc(OC(F)(F)F)cc1. The summed E-state index contributed by atoms with van der Waals surface area (Å²) in [5.74, 6) is -1.69. The van der Waals surface area contributed by atoms with Gasteiger partial charge in [-0.25, -0.2) is 4.79 Å². The zero-order chi connectivity index (χ0) is 21.3. The molecule has 0 aliphatic heterocycles. The molecule has 0 heterocycles. The molecule has 0 aliphatic carbocycles. The van der Waals surface area contributed by atoms with Crippen LogP contribution in [0.5, 0.6) is 5.75 Å². The van der Waals surface area contributed by atoms with Gasteiger partial charge in [-0.2, -0.15) is 0 Å². The summed E-state index contributed by atoms with van der Waals surface area (Å²) in [5.41, 5.74) is 1.17. The van der Waals surface area contributed by atoms with Gasteiger partial charge >= 0.3 is 12.3 Å². The van der Waals surface area contributed by atoms with Gasteiger partial charge in [-0.05, 0) is 42.8 Å². The molecular weight excluding hydrogens is 389 g/mol. The Morgan fingerprint density at radius 2 is 1.72 bits per heavy atom. The van der Waals surface area contributed by atoms with Gasteiger partial charge in [-0.1, -0.05) is 25.5 Å². The van der Waals surface area contributed by atoms with E-state index >= 15 is 0 Å². The first-order valence-corrected chi connectivity index (χ1v) is 8.94. The molecule has 2 aromatic carbocycles. The minimum Gasteiger partial charge on any atom is -0.452 e. The molecule has 0 bridgehead atoms. The van der Waals surface area contributed by atoms with Crippen molar-refractivity contribution in [2.45, 2.75) is 26.1 Å². The number of ether oxygens (including phenoxy) is 2. The van der Waals surface area contributed by atoms with E-state index in [2.05, 4.69) is 22.3 Å². The van der Waals surface area contributed by atoms with Crippen molar-refractivity contribution < 1.29 is 32.2 Å². The predicted molar refractivity (Wildman–Crippen MR) is 102 cm³/mol. The average Bonchev–Trinajstić information content (AvgIpc) is 2.67. The number of halogens is 3. The molecule has 1 amide bonds. The minimum absolute atomic E-state index is 0.238. The highest BCUT2D eigenvalue weighted by molar-refractivity contribution is 5.98. The van der Waals surface area contributed by atoms with Crippen LogP contribution in [-0.4, -0.2) is 31.4 Å². The highest BCUT2D eigenvalue weighted by atomic mass is 19.4. The largest absolute Gasteiger partial charge is 0.573 e. The molecule has 156 valence electrons. The fourth-order valence-electron chi connectivity index (χ4n) is 2.36. The van der Waals surface area contributed by atoms with Crippen molar-refractivity contribution in [3.63, 3.8) is 0 Å². The molecule has 0 saturated carbocycles. The summed E-state index contributed by atoms with van der Waals surface area (Å²) < 4.78 is 45.2.